The van der Waals surface area contributed by atoms with Gasteiger partial charge in [0.25, 0.3) is 11.1 Å². The van der Waals surface area contributed by atoms with Crippen LogP contribution in [0, 0.1) is 12.3 Å². The zero-order valence-electron chi connectivity index (χ0n) is 23.3. The molecule has 1 atom stereocenters. The van der Waals surface area contributed by atoms with Crippen LogP contribution in [0.1, 0.15) is 34.5 Å². The van der Waals surface area contributed by atoms with Crippen molar-refractivity contribution in [3.8, 4) is 5.88 Å². The van der Waals surface area contributed by atoms with Gasteiger partial charge in [0.05, 0.1) is 54.2 Å². The molecule has 0 radical (unpaired) electrons. The Morgan fingerprint density at radius 2 is 1.95 bits per heavy atom. The number of aromatic nitrogens is 4. The molecule has 0 bridgehead atoms. The first-order valence-corrected chi connectivity index (χ1v) is 14.9. The smallest absolute Gasteiger partial charge is 0.266 e. The minimum Gasteiger partial charge on any atom is -0.481 e. The topological polar surface area (TPSA) is 167 Å². The van der Waals surface area contributed by atoms with Crippen molar-refractivity contribution in [1.29, 1.82) is 0 Å². The Balaban J connectivity index is 1.15. The van der Waals surface area contributed by atoms with E-state index in [4.69, 9.17) is 15.2 Å². The van der Waals surface area contributed by atoms with E-state index in [0.29, 0.717) is 38.4 Å². The summed E-state index contributed by atoms with van der Waals surface area (Å²) < 4.78 is 12.3. The number of methoxy groups -OCH3 is 1. The van der Waals surface area contributed by atoms with Crippen LogP contribution in [0.15, 0.2) is 41.8 Å². The lowest BCUT2D eigenvalue weighted by Crippen LogP contribution is -2.59. The normalized spacial score (nSPS) is 19.9. The molecule has 2 fully saturated rings. The molecule has 2 saturated heterocycles. The number of hydrogen-bond acceptors (Lipinski definition) is 9. The van der Waals surface area contributed by atoms with E-state index in [2.05, 4.69) is 30.6 Å². The zero-order valence-corrected chi connectivity index (χ0v) is 24.2. The summed E-state index contributed by atoms with van der Waals surface area (Å²) in [6, 6.07) is 5.18. The van der Waals surface area contributed by atoms with Crippen LogP contribution in [0.2, 0.25) is 0 Å². The van der Waals surface area contributed by atoms with Gasteiger partial charge in [0.1, 0.15) is 5.03 Å². The van der Waals surface area contributed by atoms with Gasteiger partial charge in [0.15, 0.2) is 0 Å². The van der Waals surface area contributed by atoms with Crippen LogP contribution in [0.5, 0.6) is 5.88 Å². The lowest BCUT2D eigenvalue weighted by molar-refractivity contribution is -0.124. The number of primary amides is 1. The highest BCUT2D eigenvalue weighted by atomic mass is 32.2. The quantitative estimate of drug-likeness (QED) is 0.302. The number of carbonyl (C=O) groups excluding carboxylic acids is 3. The molecule has 4 N–H and O–H groups in total. The van der Waals surface area contributed by atoms with E-state index in [1.165, 1.54) is 18.0 Å². The standard InChI is InChI=1S/C28H32N8O5S/c1-17-21(10-18(11-31-17)33-23(37)14-35-15-28(16-35)5-8-41-9-6-28)34-24(38)20-12-32-36-13-22(42(26(20)36)27(29)39)19-4-3-7-30-25(19)40-2/h3-4,7,10-13,42H,5-6,8-9,14-16H2,1-2H3,(H2,29,39)(H,33,37)(H,34,38). The average molecular weight is 593 g/mol. The summed E-state index contributed by atoms with van der Waals surface area (Å²) in [5.41, 5.74) is 8.39. The van der Waals surface area contributed by atoms with Crippen molar-refractivity contribution in [1.82, 2.24) is 24.6 Å². The highest BCUT2D eigenvalue weighted by Crippen LogP contribution is 2.56. The number of anilines is 2. The predicted molar refractivity (Wildman–Crippen MR) is 159 cm³/mol. The molecule has 0 aliphatic carbocycles. The van der Waals surface area contributed by atoms with Crippen LogP contribution >= 0.6 is 10.9 Å². The second-order valence-electron chi connectivity index (χ2n) is 10.7. The Morgan fingerprint density at radius 1 is 1.17 bits per heavy atom. The van der Waals surface area contributed by atoms with Crippen molar-refractivity contribution >= 4 is 50.4 Å². The van der Waals surface area contributed by atoms with Gasteiger partial charge in [0, 0.05) is 49.0 Å². The number of nitrogens with two attached hydrogens (primary N) is 1. The fourth-order valence-corrected chi connectivity index (χ4v) is 7.76. The van der Waals surface area contributed by atoms with Crippen LogP contribution < -0.4 is 21.1 Å². The van der Waals surface area contributed by atoms with Gasteiger partial charge in [0.2, 0.25) is 11.8 Å². The van der Waals surface area contributed by atoms with Crippen molar-refractivity contribution in [2.24, 2.45) is 11.1 Å². The van der Waals surface area contributed by atoms with E-state index in [1.807, 2.05) is 0 Å². The maximum Gasteiger partial charge on any atom is 0.266 e. The first-order chi connectivity index (χ1) is 20.3. The number of likely N-dealkylation sites (tertiary alicyclic amines) is 1. The number of aryl methyl sites for hydroxylation is 1. The molecule has 6 heterocycles. The van der Waals surface area contributed by atoms with Crippen LogP contribution in [0.25, 0.3) is 11.1 Å². The second-order valence-corrected chi connectivity index (χ2v) is 12.7. The number of hydrogen-bond donors (Lipinski definition) is 4. The first-order valence-electron chi connectivity index (χ1n) is 13.5. The number of rotatable bonds is 7. The van der Waals surface area contributed by atoms with Crippen molar-refractivity contribution in [2.75, 3.05) is 50.6 Å². The van der Waals surface area contributed by atoms with Gasteiger partial charge >= 0.3 is 0 Å². The largest absolute Gasteiger partial charge is 0.481 e. The third-order valence-corrected chi connectivity index (χ3v) is 9.98. The summed E-state index contributed by atoms with van der Waals surface area (Å²) in [6.45, 7) is 5.40. The maximum atomic E-state index is 13.5. The molecule has 0 aromatic carbocycles. The fourth-order valence-electron chi connectivity index (χ4n) is 5.74. The van der Waals surface area contributed by atoms with Crippen molar-refractivity contribution in [3.05, 3.63) is 53.6 Å². The summed E-state index contributed by atoms with van der Waals surface area (Å²) in [4.78, 5) is 50.2. The van der Waals surface area contributed by atoms with Gasteiger partial charge in [-0.1, -0.05) is 0 Å². The average Bonchev–Trinajstić information content (AvgIpc) is 3.54. The lowest BCUT2D eigenvalue weighted by atomic mass is 9.73. The molecular formula is C28H32N8O5S. The highest BCUT2D eigenvalue weighted by molar-refractivity contribution is 8.37. The predicted octanol–water partition coefficient (Wildman–Crippen LogP) is 2.70. The van der Waals surface area contributed by atoms with E-state index in [9.17, 15) is 14.4 Å². The van der Waals surface area contributed by atoms with Crippen LogP contribution in [0.4, 0.5) is 16.2 Å². The van der Waals surface area contributed by atoms with E-state index in [-0.39, 0.29) is 23.4 Å². The van der Waals surface area contributed by atoms with Crippen LogP contribution in [-0.2, 0) is 9.53 Å². The molecule has 1 unspecified atom stereocenters. The number of carbonyl (C=O) groups is 3. The van der Waals surface area contributed by atoms with Crippen molar-refractivity contribution < 1.29 is 23.9 Å². The molecule has 3 aliphatic rings. The van der Waals surface area contributed by atoms with E-state index in [1.54, 1.807) is 43.7 Å². The minimum atomic E-state index is -1.77. The number of thiol groups is 1. The number of nitrogens with one attached hydrogen (secondary N) is 2. The molecule has 3 aliphatic heterocycles. The second kappa shape index (κ2) is 11.2. The molecule has 3 amide bonds. The summed E-state index contributed by atoms with van der Waals surface area (Å²) in [5.74, 6) is -0.286. The Kier molecular flexibility index (Phi) is 7.43. The van der Waals surface area contributed by atoms with E-state index in [0.717, 1.165) is 39.1 Å². The number of nitrogens with zero attached hydrogens (tertiary/aromatic N) is 5. The lowest BCUT2D eigenvalue weighted by Gasteiger charge is -2.52. The Morgan fingerprint density at radius 3 is 2.69 bits per heavy atom. The van der Waals surface area contributed by atoms with Crippen LogP contribution in [0.3, 0.4) is 0 Å². The fraction of sp³-hybridized carbons (Fsp3) is 0.357. The summed E-state index contributed by atoms with van der Waals surface area (Å²) >= 11 is 0. The molecule has 14 heteroatoms. The van der Waals surface area contributed by atoms with Crippen molar-refractivity contribution in [3.63, 3.8) is 0 Å². The van der Waals surface area contributed by atoms with Gasteiger partial charge in [-0.15, -0.1) is 10.9 Å². The maximum absolute atomic E-state index is 13.5. The van der Waals surface area contributed by atoms with Gasteiger partial charge in [-0.05, 0) is 38.0 Å². The zero-order chi connectivity index (χ0) is 29.4. The first kappa shape index (κ1) is 27.9. The summed E-state index contributed by atoms with van der Waals surface area (Å²) in [7, 11) is -0.283. The number of fused-ring (bicyclic) bond motifs is 1. The van der Waals surface area contributed by atoms with Crippen LogP contribution in [-0.4, -0.2) is 81.7 Å². The van der Waals surface area contributed by atoms with Crippen molar-refractivity contribution in [2.45, 2.75) is 24.8 Å². The molecular weight excluding hydrogens is 560 g/mol. The molecule has 220 valence electrons. The molecule has 1 spiro atoms. The highest BCUT2D eigenvalue weighted by Gasteiger charge is 2.44. The van der Waals surface area contributed by atoms with Gasteiger partial charge in [-0.2, -0.15) is 5.10 Å². The van der Waals surface area contributed by atoms with Gasteiger partial charge in [-0.3, -0.25) is 24.3 Å². The number of ether oxygens (including phenoxy) is 2. The minimum absolute atomic E-state index is 0.147. The number of amides is 3. The van der Waals surface area contributed by atoms with Gasteiger partial charge in [-0.25, -0.2) is 9.67 Å². The Bertz CT molecular complexity index is 1590. The summed E-state index contributed by atoms with van der Waals surface area (Å²) in [5, 5.41) is 9.89. The molecule has 13 nitrogen and oxygen atoms in total. The summed E-state index contributed by atoms with van der Waals surface area (Å²) in [6.07, 6.45) is 8.29. The van der Waals surface area contributed by atoms with Gasteiger partial charge < -0.3 is 25.8 Å². The Labute approximate surface area is 244 Å². The van der Waals surface area contributed by atoms with E-state index >= 15 is 0 Å². The molecule has 42 heavy (non-hydrogen) atoms. The monoisotopic (exact) mass is 592 g/mol. The third kappa shape index (κ3) is 5.24. The molecule has 3 aromatic heterocycles. The molecule has 6 rings (SSSR count). The Hall–Kier alpha value is -4.27. The third-order valence-electron chi connectivity index (χ3n) is 7.83. The van der Waals surface area contributed by atoms with E-state index < -0.39 is 22.0 Å². The SMILES string of the molecule is COc1ncccc1C1=Cn2ncc(C(=O)Nc3cc(NC(=O)CN4CC5(CCOCC5)C4)cnc3C)c2[SH]1C(N)=O. The molecule has 3 aromatic rings. The molecule has 0 saturated carbocycles. The number of pyridine rings is 2.